The molecule has 0 amide bonds. The lowest BCUT2D eigenvalue weighted by Gasteiger charge is -2.24. The predicted octanol–water partition coefficient (Wildman–Crippen LogP) is 5.07. The van der Waals surface area contributed by atoms with Gasteiger partial charge in [0.25, 0.3) is 0 Å². The fourth-order valence-electron chi connectivity index (χ4n) is 3.96. The second kappa shape index (κ2) is 9.99. The third-order valence-corrected chi connectivity index (χ3v) is 5.65. The van der Waals surface area contributed by atoms with E-state index in [1.165, 1.54) is 0 Å². The first kappa shape index (κ1) is 22.0. The maximum absolute atomic E-state index is 9.32. The SMILES string of the molecule is COc1cc(OCCOCc2ccccc2)cc2c1C=NC(c1ccc3oc(CO)cc3c1)N2. The number of aliphatic imine (C=N–C) groups is 1. The van der Waals surface area contributed by atoms with E-state index < -0.39 is 0 Å². The molecule has 34 heavy (non-hydrogen) atoms. The summed E-state index contributed by atoms with van der Waals surface area (Å²) in [5.74, 6) is 1.92. The van der Waals surface area contributed by atoms with Gasteiger partial charge in [-0.2, -0.15) is 0 Å². The van der Waals surface area contributed by atoms with Crippen molar-refractivity contribution in [3.63, 3.8) is 0 Å². The Bertz CT molecular complexity index is 1300. The molecule has 1 aromatic heterocycles. The molecule has 2 N–H and O–H groups in total. The number of aliphatic hydroxyl groups excluding tert-OH is 1. The second-order valence-electron chi connectivity index (χ2n) is 7.97. The van der Waals surface area contributed by atoms with Crippen LogP contribution in [0.25, 0.3) is 11.0 Å². The zero-order valence-corrected chi connectivity index (χ0v) is 18.9. The highest BCUT2D eigenvalue weighted by Gasteiger charge is 2.20. The van der Waals surface area contributed by atoms with Crippen LogP contribution < -0.4 is 14.8 Å². The first-order valence-corrected chi connectivity index (χ1v) is 11.1. The molecule has 0 fully saturated rings. The van der Waals surface area contributed by atoms with Gasteiger partial charge in [0.15, 0.2) is 0 Å². The Morgan fingerprint density at radius 1 is 1.03 bits per heavy atom. The summed E-state index contributed by atoms with van der Waals surface area (Å²) in [5, 5.41) is 13.7. The highest BCUT2D eigenvalue weighted by atomic mass is 16.5. The molecule has 0 aliphatic carbocycles. The molecule has 1 aliphatic rings. The number of nitrogens with one attached hydrogen (secondary N) is 1. The van der Waals surface area contributed by atoms with E-state index in [0.29, 0.717) is 37.1 Å². The lowest BCUT2D eigenvalue weighted by Crippen LogP contribution is -2.15. The lowest BCUT2D eigenvalue weighted by molar-refractivity contribution is 0.0888. The average molecular weight is 459 g/mol. The molecule has 7 heteroatoms. The molecular weight excluding hydrogens is 432 g/mol. The van der Waals surface area contributed by atoms with Crippen LogP contribution >= 0.6 is 0 Å². The summed E-state index contributed by atoms with van der Waals surface area (Å²) < 4.78 is 22.8. The average Bonchev–Trinajstić information content (AvgIpc) is 3.31. The molecule has 0 saturated heterocycles. The summed E-state index contributed by atoms with van der Waals surface area (Å²) >= 11 is 0. The van der Waals surface area contributed by atoms with Crippen molar-refractivity contribution < 1.29 is 23.7 Å². The van der Waals surface area contributed by atoms with E-state index in [4.69, 9.17) is 18.6 Å². The standard InChI is InChI=1S/C27H26N2O5/c1-31-26-14-21(33-10-9-32-17-18-5-3-2-4-6-18)13-24-23(26)15-28-27(29-24)19-7-8-25-20(11-19)12-22(16-30)34-25/h2-8,11-15,27,29-30H,9-10,16-17H2,1H3. The highest BCUT2D eigenvalue weighted by Crippen LogP contribution is 2.37. The molecule has 0 saturated carbocycles. The van der Waals surface area contributed by atoms with Gasteiger partial charge in [0.05, 0.1) is 31.6 Å². The predicted molar refractivity (Wildman–Crippen MR) is 131 cm³/mol. The Labute approximate surface area is 197 Å². The van der Waals surface area contributed by atoms with Crippen molar-refractivity contribution >= 4 is 22.9 Å². The number of fused-ring (bicyclic) bond motifs is 2. The number of methoxy groups -OCH3 is 1. The molecular formula is C27H26N2O5. The first-order valence-electron chi connectivity index (χ1n) is 11.1. The Hall–Kier alpha value is -3.81. The molecule has 1 atom stereocenters. The van der Waals surface area contributed by atoms with Crippen molar-refractivity contribution in [2.24, 2.45) is 4.99 Å². The van der Waals surface area contributed by atoms with Gasteiger partial charge < -0.3 is 29.1 Å². The Morgan fingerprint density at radius 3 is 2.74 bits per heavy atom. The smallest absolute Gasteiger partial charge is 0.144 e. The van der Waals surface area contributed by atoms with E-state index in [0.717, 1.165) is 33.3 Å². The van der Waals surface area contributed by atoms with Crippen molar-refractivity contribution in [1.82, 2.24) is 0 Å². The van der Waals surface area contributed by atoms with Crippen LogP contribution in [-0.4, -0.2) is 31.6 Å². The number of hydrogen-bond donors (Lipinski definition) is 2. The fourth-order valence-corrected chi connectivity index (χ4v) is 3.96. The van der Waals surface area contributed by atoms with Crippen LogP contribution in [0.3, 0.4) is 0 Å². The van der Waals surface area contributed by atoms with E-state index in [9.17, 15) is 5.11 Å². The van der Waals surface area contributed by atoms with Gasteiger partial charge in [0.1, 0.15) is 42.2 Å². The number of benzene rings is 3. The van der Waals surface area contributed by atoms with Crippen LogP contribution in [0, 0.1) is 0 Å². The quantitative estimate of drug-likeness (QED) is 0.341. The van der Waals surface area contributed by atoms with Crippen molar-refractivity contribution in [3.8, 4) is 11.5 Å². The van der Waals surface area contributed by atoms with Crippen LogP contribution in [0.1, 0.15) is 28.6 Å². The highest BCUT2D eigenvalue weighted by molar-refractivity contribution is 5.94. The Morgan fingerprint density at radius 2 is 1.91 bits per heavy atom. The molecule has 0 bridgehead atoms. The van der Waals surface area contributed by atoms with Gasteiger partial charge in [-0.3, -0.25) is 4.99 Å². The van der Waals surface area contributed by atoms with Crippen LogP contribution in [0.4, 0.5) is 5.69 Å². The maximum Gasteiger partial charge on any atom is 0.144 e. The van der Waals surface area contributed by atoms with Crippen LogP contribution in [0.15, 0.2) is 76.1 Å². The van der Waals surface area contributed by atoms with Gasteiger partial charge in [0, 0.05) is 23.7 Å². The fraction of sp³-hybridized carbons (Fsp3) is 0.222. The molecule has 0 radical (unpaired) electrons. The Kier molecular flexibility index (Phi) is 6.46. The van der Waals surface area contributed by atoms with E-state index in [2.05, 4.69) is 10.3 Å². The normalized spacial score (nSPS) is 14.6. The summed E-state index contributed by atoms with van der Waals surface area (Å²) in [5.41, 5.74) is 4.61. The van der Waals surface area contributed by atoms with Gasteiger partial charge in [0.2, 0.25) is 0 Å². The molecule has 5 rings (SSSR count). The minimum absolute atomic E-state index is 0.128. The van der Waals surface area contributed by atoms with Gasteiger partial charge in [-0.1, -0.05) is 36.4 Å². The lowest BCUT2D eigenvalue weighted by atomic mass is 10.1. The van der Waals surface area contributed by atoms with Crippen molar-refractivity contribution in [3.05, 3.63) is 89.2 Å². The minimum atomic E-state index is -0.265. The van der Waals surface area contributed by atoms with Gasteiger partial charge in [-0.25, -0.2) is 0 Å². The minimum Gasteiger partial charge on any atom is -0.496 e. The van der Waals surface area contributed by atoms with E-state index in [-0.39, 0.29) is 12.8 Å². The van der Waals surface area contributed by atoms with E-state index in [1.54, 1.807) is 7.11 Å². The van der Waals surface area contributed by atoms with Gasteiger partial charge >= 0.3 is 0 Å². The largest absolute Gasteiger partial charge is 0.496 e. The first-order chi connectivity index (χ1) is 16.7. The third kappa shape index (κ3) is 4.76. The van der Waals surface area contributed by atoms with Crippen molar-refractivity contribution in [2.75, 3.05) is 25.6 Å². The number of furan rings is 1. The summed E-state index contributed by atoms with van der Waals surface area (Å²) in [4.78, 5) is 4.67. The molecule has 1 aliphatic heterocycles. The molecule has 174 valence electrons. The second-order valence-corrected chi connectivity index (χ2v) is 7.97. The summed E-state index contributed by atoms with van der Waals surface area (Å²) in [7, 11) is 1.63. The summed E-state index contributed by atoms with van der Waals surface area (Å²) in [6.07, 6.45) is 1.55. The van der Waals surface area contributed by atoms with Crippen LogP contribution in [-0.2, 0) is 18.0 Å². The number of nitrogens with zero attached hydrogens (tertiary/aromatic N) is 1. The number of rotatable bonds is 9. The molecule has 2 heterocycles. The molecule has 0 spiro atoms. The van der Waals surface area contributed by atoms with E-state index >= 15 is 0 Å². The monoisotopic (exact) mass is 458 g/mol. The number of aliphatic hydroxyl groups is 1. The van der Waals surface area contributed by atoms with Crippen LogP contribution in [0.5, 0.6) is 11.5 Å². The zero-order chi connectivity index (χ0) is 23.3. The number of anilines is 1. The van der Waals surface area contributed by atoms with E-state index in [1.807, 2.05) is 72.9 Å². The molecule has 4 aromatic rings. The zero-order valence-electron chi connectivity index (χ0n) is 18.9. The molecule has 7 nitrogen and oxygen atoms in total. The topological polar surface area (TPSA) is 85.5 Å². The van der Waals surface area contributed by atoms with Crippen LogP contribution in [0.2, 0.25) is 0 Å². The van der Waals surface area contributed by atoms with Gasteiger partial charge in [-0.05, 0) is 29.3 Å². The summed E-state index contributed by atoms with van der Waals surface area (Å²) in [6.45, 7) is 1.33. The Balaban J connectivity index is 1.26. The third-order valence-electron chi connectivity index (χ3n) is 5.65. The van der Waals surface area contributed by atoms with Gasteiger partial charge in [-0.15, -0.1) is 0 Å². The number of ether oxygens (including phenoxy) is 3. The molecule has 1 unspecified atom stereocenters. The number of hydrogen-bond acceptors (Lipinski definition) is 7. The van der Waals surface area contributed by atoms with Crippen molar-refractivity contribution in [1.29, 1.82) is 0 Å². The summed E-state index contributed by atoms with van der Waals surface area (Å²) in [6, 6.07) is 21.6. The maximum atomic E-state index is 9.32. The molecule has 3 aromatic carbocycles. The van der Waals surface area contributed by atoms with Crippen molar-refractivity contribution in [2.45, 2.75) is 19.4 Å².